The number of anilines is 3. The van der Waals surface area contributed by atoms with Crippen LogP contribution < -0.4 is 10.2 Å². The Morgan fingerprint density at radius 3 is 1.73 bits per heavy atom. The van der Waals surface area contributed by atoms with Crippen LogP contribution in [0, 0.1) is 0 Å². The van der Waals surface area contributed by atoms with E-state index in [4.69, 9.17) is 0 Å². The van der Waals surface area contributed by atoms with Crippen molar-refractivity contribution in [2.45, 2.75) is 11.3 Å². The van der Waals surface area contributed by atoms with Gasteiger partial charge < -0.3 is 5.32 Å². The van der Waals surface area contributed by atoms with E-state index >= 15 is 0 Å². The third-order valence-corrected chi connectivity index (χ3v) is 5.98. The predicted molar refractivity (Wildman–Crippen MR) is 136 cm³/mol. The van der Waals surface area contributed by atoms with Gasteiger partial charge in [-0.1, -0.05) is 66.7 Å². The monoisotopic (exact) mass is 452 g/mol. The molecular weight excluding hydrogens is 428 g/mol. The van der Waals surface area contributed by atoms with Crippen LogP contribution in [0.3, 0.4) is 0 Å². The minimum atomic E-state index is -0.0573. The minimum absolute atomic E-state index is 0.00218. The molecule has 4 aromatic rings. The molecular formula is C28H24N2O2S. The smallest absolute Gasteiger partial charge is 0.241 e. The van der Waals surface area contributed by atoms with Gasteiger partial charge in [-0.15, -0.1) is 11.8 Å². The average molecular weight is 453 g/mol. The molecule has 0 atom stereocenters. The number of hydrogen-bond acceptors (Lipinski definition) is 3. The molecule has 0 saturated heterocycles. The van der Waals surface area contributed by atoms with Crippen molar-refractivity contribution in [1.29, 1.82) is 0 Å². The molecule has 0 spiro atoms. The molecule has 0 aliphatic rings. The molecule has 0 saturated carbocycles. The van der Waals surface area contributed by atoms with E-state index < -0.39 is 0 Å². The van der Waals surface area contributed by atoms with E-state index in [0.717, 1.165) is 27.5 Å². The zero-order valence-corrected chi connectivity index (χ0v) is 18.9. The molecule has 5 heteroatoms. The van der Waals surface area contributed by atoms with Gasteiger partial charge in [-0.05, 0) is 54.1 Å². The van der Waals surface area contributed by atoms with Crippen molar-refractivity contribution in [3.8, 4) is 0 Å². The normalized spacial score (nSPS) is 10.4. The molecule has 164 valence electrons. The second-order valence-corrected chi connectivity index (χ2v) is 8.47. The van der Waals surface area contributed by atoms with Gasteiger partial charge in [0.1, 0.15) is 0 Å². The highest BCUT2D eigenvalue weighted by Gasteiger charge is 2.18. The Kier molecular flexibility index (Phi) is 7.56. The van der Waals surface area contributed by atoms with Gasteiger partial charge in [0.05, 0.1) is 12.2 Å². The summed E-state index contributed by atoms with van der Waals surface area (Å²) in [6.07, 6.45) is 0.334. The summed E-state index contributed by atoms with van der Waals surface area (Å²) >= 11 is 1.47. The summed E-state index contributed by atoms with van der Waals surface area (Å²) in [6.45, 7) is 0. The van der Waals surface area contributed by atoms with Crippen LogP contribution in [0.2, 0.25) is 0 Å². The number of amides is 2. The summed E-state index contributed by atoms with van der Waals surface area (Å²) in [5.74, 6) is 0.236. The molecule has 4 rings (SSSR count). The first-order valence-corrected chi connectivity index (χ1v) is 11.7. The van der Waals surface area contributed by atoms with Gasteiger partial charge in [0.2, 0.25) is 11.8 Å². The minimum Gasteiger partial charge on any atom is -0.326 e. The van der Waals surface area contributed by atoms with Crippen molar-refractivity contribution in [2.75, 3.05) is 16.0 Å². The summed E-state index contributed by atoms with van der Waals surface area (Å²) in [5.41, 5.74) is 3.39. The van der Waals surface area contributed by atoms with Crippen LogP contribution in [0.4, 0.5) is 17.1 Å². The quantitative estimate of drug-likeness (QED) is 0.318. The van der Waals surface area contributed by atoms with Gasteiger partial charge in [0.25, 0.3) is 0 Å². The summed E-state index contributed by atoms with van der Waals surface area (Å²) in [5, 5.41) is 2.92. The molecule has 0 aliphatic heterocycles. The Morgan fingerprint density at radius 2 is 1.18 bits per heavy atom. The lowest BCUT2D eigenvalue weighted by Crippen LogP contribution is -2.27. The maximum atomic E-state index is 13.2. The summed E-state index contributed by atoms with van der Waals surface area (Å²) in [7, 11) is 0. The van der Waals surface area contributed by atoms with Crippen LogP contribution in [0.1, 0.15) is 5.56 Å². The topological polar surface area (TPSA) is 49.4 Å². The van der Waals surface area contributed by atoms with E-state index in [9.17, 15) is 9.59 Å². The second-order valence-electron chi connectivity index (χ2n) is 7.42. The van der Waals surface area contributed by atoms with Crippen LogP contribution in [0.5, 0.6) is 0 Å². The van der Waals surface area contributed by atoms with Crippen molar-refractivity contribution in [1.82, 2.24) is 0 Å². The number of benzene rings is 4. The molecule has 0 bridgehead atoms. The number of nitrogens with zero attached hydrogens (tertiary/aromatic N) is 1. The zero-order chi connectivity index (χ0) is 22.9. The van der Waals surface area contributed by atoms with Gasteiger partial charge in [-0.3, -0.25) is 14.5 Å². The highest BCUT2D eigenvalue weighted by atomic mass is 32.2. The largest absolute Gasteiger partial charge is 0.326 e. The first kappa shape index (κ1) is 22.4. The van der Waals surface area contributed by atoms with Crippen LogP contribution in [-0.4, -0.2) is 17.6 Å². The number of nitrogens with one attached hydrogen (secondary N) is 1. The first-order valence-electron chi connectivity index (χ1n) is 10.7. The predicted octanol–water partition coefficient (Wildman–Crippen LogP) is 6.32. The molecule has 2 amide bonds. The van der Waals surface area contributed by atoms with E-state index in [-0.39, 0.29) is 11.8 Å². The number of rotatable bonds is 8. The van der Waals surface area contributed by atoms with E-state index in [1.54, 1.807) is 4.90 Å². The van der Waals surface area contributed by atoms with E-state index in [1.165, 1.54) is 11.8 Å². The second kappa shape index (κ2) is 11.2. The summed E-state index contributed by atoms with van der Waals surface area (Å²) in [6, 6.07) is 36.5. The number of carbonyl (C=O) groups excluding carboxylic acids is 2. The van der Waals surface area contributed by atoms with Gasteiger partial charge in [-0.25, -0.2) is 0 Å². The third kappa shape index (κ3) is 6.34. The molecule has 0 aliphatic carbocycles. The maximum absolute atomic E-state index is 13.2. The number of hydrogen-bond donors (Lipinski definition) is 1. The standard InChI is InChI=1S/C28H24N2O2S/c31-27(20-22-10-4-1-5-11-22)29-23-16-18-26(19-17-23)33-21-28(32)30(24-12-6-2-7-13-24)25-14-8-3-9-15-25/h1-19H,20-21H2,(H,29,31). The van der Waals surface area contributed by atoms with Crippen LogP contribution in [-0.2, 0) is 16.0 Å². The van der Waals surface area contributed by atoms with Crippen molar-refractivity contribution in [3.63, 3.8) is 0 Å². The van der Waals surface area contributed by atoms with Gasteiger partial charge in [0, 0.05) is 22.0 Å². The van der Waals surface area contributed by atoms with Crippen molar-refractivity contribution in [2.24, 2.45) is 0 Å². The molecule has 0 fully saturated rings. The molecule has 0 unspecified atom stereocenters. The van der Waals surface area contributed by atoms with Gasteiger partial charge >= 0.3 is 0 Å². The van der Waals surface area contributed by atoms with E-state index in [1.807, 2.05) is 115 Å². The Morgan fingerprint density at radius 1 is 0.667 bits per heavy atom. The Balaban J connectivity index is 1.37. The van der Waals surface area contributed by atoms with Crippen molar-refractivity contribution >= 4 is 40.6 Å². The fraction of sp³-hybridized carbons (Fsp3) is 0.0714. The Labute approximate surface area is 198 Å². The van der Waals surface area contributed by atoms with Gasteiger partial charge in [-0.2, -0.15) is 0 Å². The molecule has 0 aromatic heterocycles. The highest BCUT2D eigenvalue weighted by Crippen LogP contribution is 2.28. The fourth-order valence-electron chi connectivity index (χ4n) is 3.42. The molecule has 4 aromatic carbocycles. The van der Waals surface area contributed by atoms with Crippen LogP contribution in [0.15, 0.2) is 120 Å². The first-order chi connectivity index (χ1) is 16.2. The Bertz CT molecular complexity index is 1140. The average Bonchev–Trinajstić information content (AvgIpc) is 2.86. The van der Waals surface area contributed by atoms with Crippen molar-refractivity contribution < 1.29 is 9.59 Å². The molecule has 0 heterocycles. The SMILES string of the molecule is O=C(Cc1ccccc1)Nc1ccc(SCC(=O)N(c2ccccc2)c2ccccc2)cc1. The lowest BCUT2D eigenvalue weighted by Gasteiger charge is -2.23. The maximum Gasteiger partial charge on any atom is 0.241 e. The van der Waals surface area contributed by atoms with Crippen molar-refractivity contribution in [3.05, 3.63) is 121 Å². The fourth-order valence-corrected chi connectivity index (χ4v) is 4.17. The Hall–Kier alpha value is -3.83. The van der Waals surface area contributed by atoms with Crippen LogP contribution in [0.25, 0.3) is 0 Å². The number of para-hydroxylation sites is 2. The number of carbonyl (C=O) groups is 2. The number of thioether (sulfide) groups is 1. The van der Waals surface area contributed by atoms with E-state index in [0.29, 0.717) is 12.2 Å². The zero-order valence-electron chi connectivity index (χ0n) is 18.1. The van der Waals surface area contributed by atoms with Gasteiger partial charge in [0.15, 0.2) is 0 Å². The molecule has 1 N–H and O–H groups in total. The van der Waals surface area contributed by atoms with E-state index in [2.05, 4.69) is 5.32 Å². The lowest BCUT2D eigenvalue weighted by atomic mass is 10.1. The lowest BCUT2D eigenvalue weighted by molar-refractivity contribution is -0.116. The molecule has 0 radical (unpaired) electrons. The molecule has 33 heavy (non-hydrogen) atoms. The van der Waals surface area contributed by atoms with Crippen LogP contribution >= 0.6 is 11.8 Å². The highest BCUT2D eigenvalue weighted by molar-refractivity contribution is 8.00. The third-order valence-electron chi connectivity index (χ3n) is 4.99. The molecule has 4 nitrogen and oxygen atoms in total. The summed E-state index contributed by atoms with van der Waals surface area (Å²) < 4.78 is 0. The summed E-state index contributed by atoms with van der Waals surface area (Å²) in [4.78, 5) is 28.1.